The average molecular weight is 268 g/mol. The molecule has 0 radical (unpaired) electrons. The summed E-state index contributed by atoms with van der Waals surface area (Å²) in [4.78, 5) is 0.182. The SMILES string of the molecule is CCC(NCc1cccc(S(N)(=O)=O)c1)C1CC1. The fourth-order valence-electron chi connectivity index (χ4n) is 2.22. The maximum absolute atomic E-state index is 11.3. The molecule has 0 aliphatic heterocycles. The molecule has 3 N–H and O–H groups in total. The number of benzene rings is 1. The lowest BCUT2D eigenvalue weighted by Crippen LogP contribution is -2.29. The van der Waals surface area contributed by atoms with Gasteiger partial charge in [0.05, 0.1) is 4.90 Å². The predicted octanol–water partition coefficient (Wildman–Crippen LogP) is 1.61. The van der Waals surface area contributed by atoms with Crippen LogP contribution in [0, 0.1) is 5.92 Å². The van der Waals surface area contributed by atoms with Crippen LogP contribution in [0.5, 0.6) is 0 Å². The quantitative estimate of drug-likeness (QED) is 0.823. The van der Waals surface area contributed by atoms with E-state index in [0.29, 0.717) is 12.6 Å². The summed E-state index contributed by atoms with van der Waals surface area (Å²) in [5.41, 5.74) is 0.959. The van der Waals surface area contributed by atoms with E-state index < -0.39 is 10.0 Å². The van der Waals surface area contributed by atoms with Crippen LogP contribution in [0.15, 0.2) is 29.2 Å². The van der Waals surface area contributed by atoms with Crippen molar-refractivity contribution in [3.63, 3.8) is 0 Å². The van der Waals surface area contributed by atoms with E-state index >= 15 is 0 Å². The van der Waals surface area contributed by atoms with Crippen LogP contribution >= 0.6 is 0 Å². The molecule has 1 aromatic rings. The molecular formula is C13H20N2O2S. The molecule has 0 heterocycles. The molecule has 0 amide bonds. The molecule has 5 heteroatoms. The van der Waals surface area contributed by atoms with E-state index in [1.807, 2.05) is 6.07 Å². The fourth-order valence-corrected chi connectivity index (χ4v) is 2.81. The molecule has 0 spiro atoms. The monoisotopic (exact) mass is 268 g/mol. The Morgan fingerprint density at radius 2 is 2.17 bits per heavy atom. The number of nitrogens with two attached hydrogens (primary N) is 1. The molecule has 0 saturated heterocycles. The zero-order valence-electron chi connectivity index (χ0n) is 10.6. The van der Waals surface area contributed by atoms with Crippen LogP contribution in [0.3, 0.4) is 0 Å². The molecule has 18 heavy (non-hydrogen) atoms. The minimum atomic E-state index is -3.60. The van der Waals surface area contributed by atoms with Gasteiger partial charge in [-0.25, -0.2) is 13.6 Å². The van der Waals surface area contributed by atoms with Crippen LogP contribution in [0.25, 0.3) is 0 Å². The van der Waals surface area contributed by atoms with Crippen molar-refractivity contribution in [3.8, 4) is 0 Å². The lowest BCUT2D eigenvalue weighted by atomic mass is 10.1. The van der Waals surface area contributed by atoms with E-state index in [0.717, 1.165) is 17.9 Å². The summed E-state index contributed by atoms with van der Waals surface area (Å²) in [5, 5.41) is 8.61. The van der Waals surface area contributed by atoms with Crippen molar-refractivity contribution in [1.29, 1.82) is 0 Å². The van der Waals surface area contributed by atoms with E-state index in [2.05, 4.69) is 12.2 Å². The Morgan fingerprint density at radius 1 is 1.44 bits per heavy atom. The molecule has 0 aromatic heterocycles. The summed E-state index contributed by atoms with van der Waals surface area (Å²) in [7, 11) is -3.60. The second-order valence-electron chi connectivity index (χ2n) is 4.93. The van der Waals surface area contributed by atoms with Crippen LogP contribution in [0.4, 0.5) is 0 Å². The van der Waals surface area contributed by atoms with Gasteiger partial charge in [0.2, 0.25) is 10.0 Å². The third-order valence-corrected chi connectivity index (χ3v) is 4.34. The molecule has 1 fully saturated rings. The summed E-state index contributed by atoms with van der Waals surface area (Å²) in [6.07, 6.45) is 3.73. The van der Waals surface area contributed by atoms with Crippen LogP contribution in [0.1, 0.15) is 31.7 Å². The lowest BCUT2D eigenvalue weighted by Gasteiger charge is -2.16. The maximum Gasteiger partial charge on any atom is 0.238 e. The highest BCUT2D eigenvalue weighted by Crippen LogP contribution is 2.34. The molecule has 1 aromatic carbocycles. The zero-order valence-corrected chi connectivity index (χ0v) is 11.4. The van der Waals surface area contributed by atoms with Gasteiger partial charge in [0.1, 0.15) is 0 Å². The number of nitrogens with one attached hydrogen (secondary N) is 1. The molecule has 2 rings (SSSR count). The highest BCUT2D eigenvalue weighted by molar-refractivity contribution is 7.89. The number of hydrogen-bond acceptors (Lipinski definition) is 3. The van der Waals surface area contributed by atoms with E-state index in [9.17, 15) is 8.42 Å². The largest absolute Gasteiger partial charge is 0.310 e. The number of hydrogen-bond donors (Lipinski definition) is 2. The second kappa shape index (κ2) is 5.38. The second-order valence-corrected chi connectivity index (χ2v) is 6.49. The maximum atomic E-state index is 11.3. The van der Waals surface area contributed by atoms with Crippen LogP contribution in [-0.4, -0.2) is 14.5 Å². The van der Waals surface area contributed by atoms with Gasteiger partial charge in [-0.15, -0.1) is 0 Å². The first kappa shape index (κ1) is 13.5. The van der Waals surface area contributed by atoms with Gasteiger partial charge in [0, 0.05) is 12.6 Å². The Kier molecular flexibility index (Phi) is 4.04. The van der Waals surface area contributed by atoms with Crippen LogP contribution < -0.4 is 10.5 Å². The Hall–Kier alpha value is -0.910. The first-order valence-corrected chi connectivity index (χ1v) is 7.90. The molecule has 1 saturated carbocycles. The molecule has 4 nitrogen and oxygen atoms in total. The summed E-state index contributed by atoms with van der Waals surface area (Å²) in [6, 6.07) is 7.36. The van der Waals surface area contributed by atoms with Gasteiger partial charge in [-0.1, -0.05) is 19.1 Å². The predicted molar refractivity (Wildman–Crippen MR) is 71.5 cm³/mol. The first-order chi connectivity index (χ1) is 8.50. The topological polar surface area (TPSA) is 72.2 Å². The number of rotatable bonds is 6. The van der Waals surface area contributed by atoms with Gasteiger partial charge >= 0.3 is 0 Å². The van der Waals surface area contributed by atoms with Crippen LogP contribution in [0.2, 0.25) is 0 Å². The average Bonchev–Trinajstić information content (AvgIpc) is 3.14. The Balaban J connectivity index is 2.01. The summed E-state index contributed by atoms with van der Waals surface area (Å²) in [5.74, 6) is 0.802. The van der Waals surface area contributed by atoms with Crippen molar-refractivity contribution in [3.05, 3.63) is 29.8 Å². The molecular weight excluding hydrogens is 248 g/mol. The first-order valence-electron chi connectivity index (χ1n) is 6.36. The Morgan fingerprint density at radius 3 is 2.72 bits per heavy atom. The van der Waals surface area contributed by atoms with Gasteiger partial charge < -0.3 is 5.32 Å². The highest BCUT2D eigenvalue weighted by Gasteiger charge is 2.29. The standard InChI is InChI=1S/C13H20N2O2S/c1-2-13(11-6-7-11)15-9-10-4-3-5-12(8-10)18(14,16)17/h3-5,8,11,13,15H,2,6-7,9H2,1H3,(H2,14,16,17). The van der Waals surface area contributed by atoms with Gasteiger partial charge in [-0.2, -0.15) is 0 Å². The Bertz CT molecular complexity index is 509. The van der Waals surface area contributed by atoms with Crippen molar-refractivity contribution < 1.29 is 8.42 Å². The third kappa shape index (κ3) is 3.54. The molecule has 1 aliphatic rings. The highest BCUT2D eigenvalue weighted by atomic mass is 32.2. The molecule has 1 aliphatic carbocycles. The molecule has 100 valence electrons. The molecule has 1 atom stereocenters. The van der Waals surface area contributed by atoms with E-state index in [1.54, 1.807) is 12.1 Å². The van der Waals surface area contributed by atoms with Gasteiger partial charge in [-0.3, -0.25) is 0 Å². The van der Waals surface area contributed by atoms with Gasteiger partial charge in [-0.05, 0) is 42.9 Å². The zero-order chi connectivity index (χ0) is 13.2. The van der Waals surface area contributed by atoms with Crippen molar-refractivity contribution in [2.45, 2.75) is 43.7 Å². The van der Waals surface area contributed by atoms with Crippen molar-refractivity contribution in [2.75, 3.05) is 0 Å². The van der Waals surface area contributed by atoms with Gasteiger partial charge in [0.25, 0.3) is 0 Å². The van der Waals surface area contributed by atoms with E-state index in [-0.39, 0.29) is 4.90 Å². The normalized spacial score (nSPS) is 17.7. The summed E-state index contributed by atoms with van der Waals surface area (Å²) < 4.78 is 22.5. The molecule has 0 bridgehead atoms. The van der Waals surface area contributed by atoms with Crippen molar-refractivity contribution >= 4 is 10.0 Å². The van der Waals surface area contributed by atoms with Crippen molar-refractivity contribution in [2.24, 2.45) is 11.1 Å². The fraction of sp³-hybridized carbons (Fsp3) is 0.538. The van der Waals surface area contributed by atoms with Gasteiger partial charge in [0.15, 0.2) is 0 Å². The summed E-state index contributed by atoms with van der Waals surface area (Å²) >= 11 is 0. The third-order valence-electron chi connectivity index (χ3n) is 3.43. The minimum Gasteiger partial charge on any atom is -0.310 e. The number of sulfonamides is 1. The van der Waals surface area contributed by atoms with Crippen molar-refractivity contribution in [1.82, 2.24) is 5.32 Å². The van der Waals surface area contributed by atoms with Crippen LogP contribution in [-0.2, 0) is 16.6 Å². The minimum absolute atomic E-state index is 0.182. The lowest BCUT2D eigenvalue weighted by molar-refractivity contribution is 0.449. The molecule has 1 unspecified atom stereocenters. The van der Waals surface area contributed by atoms with E-state index in [1.165, 1.54) is 18.9 Å². The number of primary sulfonamides is 1. The van der Waals surface area contributed by atoms with E-state index in [4.69, 9.17) is 5.14 Å². The summed E-state index contributed by atoms with van der Waals surface area (Å²) in [6.45, 7) is 2.87. The smallest absolute Gasteiger partial charge is 0.238 e. The Labute approximate surface area is 109 Å².